The van der Waals surface area contributed by atoms with Gasteiger partial charge < -0.3 is 10.2 Å². The van der Waals surface area contributed by atoms with Crippen molar-refractivity contribution in [1.82, 2.24) is 5.32 Å². The summed E-state index contributed by atoms with van der Waals surface area (Å²) in [7, 11) is 4.01. The normalized spacial score (nSPS) is 15.0. The van der Waals surface area contributed by atoms with E-state index in [9.17, 15) is 4.79 Å². The number of nitrogens with one attached hydrogen (secondary N) is 1. The average molecular weight is 284 g/mol. The van der Waals surface area contributed by atoms with E-state index in [1.165, 1.54) is 19.3 Å². The maximum atomic E-state index is 12.0. The van der Waals surface area contributed by atoms with Gasteiger partial charge in [-0.15, -0.1) is 0 Å². The van der Waals surface area contributed by atoms with Crippen molar-refractivity contribution >= 4 is 11.6 Å². The Morgan fingerprint density at radius 2 is 1.95 bits per heavy atom. The molecule has 0 heterocycles. The van der Waals surface area contributed by atoms with Gasteiger partial charge in [0.25, 0.3) is 0 Å². The molecule has 3 nitrogen and oxygen atoms in total. The van der Waals surface area contributed by atoms with Gasteiger partial charge in [-0.05, 0) is 25.0 Å². The molecule has 0 spiro atoms. The smallest absolute Gasteiger partial charge is 0.223 e. The maximum absolute atomic E-state index is 12.0. The van der Waals surface area contributed by atoms with Crippen LogP contribution in [0.15, 0.2) is 24.3 Å². The Morgan fingerprint density at radius 3 is 2.67 bits per heavy atom. The summed E-state index contributed by atoms with van der Waals surface area (Å²) in [6.07, 6.45) is 5.69. The monoisotopic (exact) mass is 284 g/mol. The van der Waals surface area contributed by atoms with Gasteiger partial charge in [-0.2, -0.15) is 0 Å². The van der Waals surface area contributed by atoms with E-state index >= 15 is 0 Å². The Hall–Kier alpha value is -1.95. The third-order valence-electron chi connectivity index (χ3n) is 3.94. The van der Waals surface area contributed by atoms with E-state index in [-0.39, 0.29) is 11.8 Å². The van der Waals surface area contributed by atoms with Crippen LogP contribution in [0.3, 0.4) is 0 Å². The molecule has 112 valence electrons. The number of rotatable bonds is 3. The Balaban J connectivity index is 1.88. The second-order valence-electron chi connectivity index (χ2n) is 5.77. The minimum Gasteiger partial charge on any atom is -0.377 e. The highest BCUT2D eigenvalue weighted by atomic mass is 16.1. The summed E-state index contributed by atoms with van der Waals surface area (Å²) in [4.78, 5) is 14.0. The molecule has 1 amide bonds. The Bertz CT molecular complexity index is 534. The first-order valence-corrected chi connectivity index (χ1v) is 7.71. The summed E-state index contributed by atoms with van der Waals surface area (Å²) in [5, 5.41) is 2.95. The molecule has 21 heavy (non-hydrogen) atoms. The first-order valence-electron chi connectivity index (χ1n) is 7.71. The number of benzene rings is 1. The zero-order valence-corrected chi connectivity index (χ0v) is 13.0. The molecule has 1 aliphatic carbocycles. The predicted octanol–water partition coefficient (Wildman–Crippen LogP) is 2.80. The minimum atomic E-state index is 0.171. The largest absolute Gasteiger partial charge is 0.377 e. The van der Waals surface area contributed by atoms with Crippen LogP contribution in [0.2, 0.25) is 0 Å². The van der Waals surface area contributed by atoms with Crippen molar-refractivity contribution in [2.45, 2.75) is 32.1 Å². The summed E-state index contributed by atoms with van der Waals surface area (Å²) in [5.41, 5.74) is 2.10. The summed E-state index contributed by atoms with van der Waals surface area (Å²) in [5.74, 6) is 6.58. The van der Waals surface area contributed by atoms with Crippen molar-refractivity contribution < 1.29 is 4.79 Å². The zero-order chi connectivity index (χ0) is 15.1. The highest BCUT2D eigenvalue weighted by molar-refractivity contribution is 5.79. The first-order chi connectivity index (χ1) is 10.2. The van der Waals surface area contributed by atoms with Gasteiger partial charge in [0.2, 0.25) is 5.91 Å². The van der Waals surface area contributed by atoms with E-state index in [0.717, 1.165) is 24.1 Å². The van der Waals surface area contributed by atoms with Crippen LogP contribution in [-0.2, 0) is 4.79 Å². The van der Waals surface area contributed by atoms with Gasteiger partial charge in [0.15, 0.2) is 0 Å². The van der Waals surface area contributed by atoms with Crippen molar-refractivity contribution in [1.29, 1.82) is 0 Å². The van der Waals surface area contributed by atoms with E-state index in [1.54, 1.807) is 0 Å². The fourth-order valence-corrected chi connectivity index (χ4v) is 2.75. The minimum absolute atomic E-state index is 0.171. The summed E-state index contributed by atoms with van der Waals surface area (Å²) < 4.78 is 0. The molecule has 0 bridgehead atoms. The fourth-order valence-electron chi connectivity index (χ4n) is 2.75. The number of hydrogen-bond donors (Lipinski definition) is 1. The van der Waals surface area contributed by atoms with Crippen LogP contribution >= 0.6 is 0 Å². The van der Waals surface area contributed by atoms with Gasteiger partial charge in [0.1, 0.15) is 0 Å². The third kappa shape index (κ3) is 4.53. The van der Waals surface area contributed by atoms with Crippen LogP contribution in [0.4, 0.5) is 5.69 Å². The van der Waals surface area contributed by atoms with Crippen LogP contribution < -0.4 is 10.2 Å². The highest BCUT2D eigenvalue weighted by Crippen LogP contribution is 2.23. The SMILES string of the molecule is CN(C)c1ccccc1C#CCNC(=O)C1CCCCC1. The molecule has 0 unspecified atom stereocenters. The van der Waals surface area contributed by atoms with E-state index in [2.05, 4.69) is 17.2 Å². The van der Waals surface area contributed by atoms with E-state index in [4.69, 9.17) is 0 Å². The molecule has 1 N–H and O–H groups in total. The van der Waals surface area contributed by atoms with Gasteiger partial charge in [0.05, 0.1) is 12.2 Å². The molecule has 1 aliphatic rings. The number of para-hydroxylation sites is 1. The van der Waals surface area contributed by atoms with Crippen LogP contribution in [0, 0.1) is 17.8 Å². The zero-order valence-electron chi connectivity index (χ0n) is 13.0. The molecule has 1 aromatic carbocycles. The molecule has 0 saturated heterocycles. The number of carbonyl (C=O) groups is 1. The van der Waals surface area contributed by atoms with Crippen molar-refractivity contribution in [3.63, 3.8) is 0 Å². The van der Waals surface area contributed by atoms with Gasteiger partial charge in [-0.3, -0.25) is 4.79 Å². The van der Waals surface area contributed by atoms with Crippen molar-refractivity contribution in [3.05, 3.63) is 29.8 Å². The van der Waals surface area contributed by atoms with Gasteiger partial charge in [0, 0.05) is 25.6 Å². The Morgan fingerprint density at radius 1 is 1.24 bits per heavy atom. The van der Waals surface area contributed by atoms with Crippen molar-refractivity contribution in [3.8, 4) is 11.8 Å². The molecule has 1 fully saturated rings. The quantitative estimate of drug-likeness (QED) is 0.866. The first kappa shape index (κ1) is 15.4. The predicted molar refractivity (Wildman–Crippen MR) is 87.2 cm³/mol. The lowest BCUT2D eigenvalue weighted by Crippen LogP contribution is -2.32. The van der Waals surface area contributed by atoms with E-state index in [0.29, 0.717) is 6.54 Å². The Labute approximate surface area is 127 Å². The van der Waals surface area contributed by atoms with Crippen LogP contribution in [0.25, 0.3) is 0 Å². The lowest BCUT2D eigenvalue weighted by Gasteiger charge is -2.19. The van der Waals surface area contributed by atoms with Gasteiger partial charge in [-0.1, -0.05) is 43.2 Å². The molecular formula is C18H24N2O. The molecule has 1 aromatic rings. The molecule has 0 aliphatic heterocycles. The van der Waals surface area contributed by atoms with Gasteiger partial charge in [-0.25, -0.2) is 0 Å². The van der Waals surface area contributed by atoms with Crippen LogP contribution in [0.1, 0.15) is 37.7 Å². The second-order valence-corrected chi connectivity index (χ2v) is 5.77. The molecule has 2 rings (SSSR count). The standard InChI is InChI=1S/C18H24N2O/c1-20(2)17-13-7-6-9-15(17)12-8-14-19-18(21)16-10-4-3-5-11-16/h6-7,9,13,16H,3-5,10-11,14H2,1-2H3,(H,19,21). The summed E-state index contributed by atoms with van der Waals surface area (Å²) >= 11 is 0. The van der Waals surface area contributed by atoms with Crippen molar-refractivity contribution in [2.75, 3.05) is 25.5 Å². The topological polar surface area (TPSA) is 32.3 Å². The maximum Gasteiger partial charge on any atom is 0.223 e. The number of carbonyl (C=O) groups excluding carboxylic acids is 1. The fraction of sp³-hybridized carbons (Fsp3) is 0.500. The third-order valence-corrected chi connectivity index (χ3v) is 3.94. The lowest BCUT2D eigenvalue weighted by molar-refractivity contribution is -0.125. The molecule has 3 heteroatoms. The van der Waals surface area contributed by atoms with E-state index in [1.807, 2.05) is 43.3 Å². The highest BCUT2D eigenvalue weighted by Gasteiger charge is 2.20. The number of anilines is 1. The number of amides is 1. The Kier molecular flexibility index (Phi) is 5.68. The molecule has 1 saturated carbocycles. The summed E-state index contributed by atoms with van der Waals surface area (Å²) in [6, 6.07) is 8.04. The second kappa shape index (κ2) is 7.73. The van der Waals surface area contributed by atoms with Crippen LogP contribution in [0.5, 0.6) is 0 Å². The molecule has 0 aromatic heterocycles. The molecule has 0 atom stereocenters. The summed E-state index contributed by atoms with van der Waals surface area (Å²) in [6.45, 7) is 0.428. The number of nitrogens with zero attached hydrogens (tertiary/aromatic N) is 1. The van der Waals surface area contributed by atoms with Crippen LogP contribution in [-0.4, -0.2) is 26.5 Å². The lowest BCUT2D eigenvalue weighted by atomic mass is 9.89. The average Bonchev–Trinajstić information content (AvgIpc) is 2.52. The molecule has 0 radical (unpaired) electrons. The van der Waals surface area contributed by atoms with Gasteiger partial charge >= 0.3 is 0 Å². The molecular weight excluding hydrogens is 260 g/mol. The number of hydrogen-bond acceptors (Lipinski definition) is 2. The van der Waals surface area contributed by atoms with Crippen molar-refractivity contribution in [2.24, 2.45) is 5.92 Å². The van der Waals surface area contributed by atoms with E-state index < -0.39 is 0 Å².